The molecule has 4 rings (SSSR count). The van der Waals surface area contributed by atoms with Crippen molar-refractivity contribution in [1.29, 1.82) is 0 Å². The number of nitrogens with zero attached hydrogens (tertiary/aromatic N) is 3. The second-order valence-corrected chi connectivity index (χ2v) is 7.15. The lowest BCUT2D eigenvalue weighted by molar-refractivity contribution is -0.0498. The molecule has 0 atom stereocenters. The van der Waals surface area contributed by atoms with Crippen LogP contribution in [0.2, 0.25) is 0 Å². The highest BCUT2D eigenvalue weighted by molar-refractivity contribution is 6.13. The van der Waals surface area contributed by atoms with Crippen molar-refractivity contribution < 1.29 is 18.3 Å². The van der Waals surface area contributed by atoms with Crippen LogP contribution in [0.5, 0.6) is 5.75 Å². The summed E-state index contributed by atoms with van der Waals surface area (Å²) in [7, 11) is 1.84. The first-order valence-corrected chi connectivity index (χ1v) is 9.59. The van der Waals surface area contributed by atoms with Gasteiger partial charge in [-0.25, -0.2) is 4.98 Å². The molecule has 0 aliphatic heterocycles. The highest BCUT2D eigenvalue weighted by Crippen LogP contribution is 2.28. The van der Waals surface area contributed by atoms with Crippen LogP contribution in [-0.2, 0) is 7.05 Å². The van der Waals surface area contributed by atoms with Crippen molar-refractivity contribution in [3.05, 3.63) is 71.5 Å². The second-order valence-electron chi connectivity index (χ2n) is 7.15. The number of amides is 1. The topological polar surface area (TPSA) is 69.0 Å². The van der Waals surface area contributed by atoms with Gasteiger partial charge in [0, 0.05) is 29.4 Å². The van der Waals surface area contributed by atoms with Gasteiger partial charge < -0.3 is 10.1 Å². The number of para-hydroxylation sites is 1. The van der Waals surface area contributed by atoms with E-state index in [2.05, 4.69) is 15.2 Å². The summed E-state index contributed by atoms with van der Waals surface area (Å²) in [4.78, 5) is 17.9. The standard InChI is InChI=1S/C23H20F2N4O2/c1-13-10-15(31-23(24)25)8-9-19(13)28-22(30)17-11-21(18-12-26-29(3)14(18)2)27-20-7-5-4-6-16(17)20/h4-12,23H,1-3H3,(H,28,30). The fourth-order valence-electron chi connectivity index (χ4n) is 3.39. The third-order valence-corrected chi connectivity index (χ3v) is 5.14. The van der Waals surface area contributed by atoms with Crippen LogP contribution in [0, 0.1) is 13.8 Å². The Balaban J connectivity index is 1.73. The Morgan fingerprint density at radius 1 is 1.13 bits per heavy atom. The lowest BCUT2D eigenvalue weighted by Gasteiger charge is -2.13. The van der Waals surface area contributed by atoms with E-state index >= 15 is 0 Å². The number of rotatable bonds is 5. The van der Waals surface area contributed by atoms with E-state index in [-0.39, 0.29) is 11.7 Å². The van der Waals surface area contributed by atoms with E-state index < -0.39 is 6.61 Å². The molecule has 0 aliphatic carbocycles. The third kappa shape index (κ3) is 4.09. The summed E-state index contributed by atoms with van der Waals surface area (Å²) in [5.41, 5.74) is 4.67. The minimum atomic E-state index is -2.91. The maximum Gasteiger partial charge on any atom is 0.387 e. The maximum atomic E-state index is 13.2. The molecule has 2 heterocycles. The first kappa shape index (κ1) is 20.5. The summed E-state index contributed by atoms with van der Waals surface area (Å²) >= 11 is 0. The summed E-state index contributed by atoms with van der Waals surface area (Å²) in [6.45, 7) is 0.742. The number of hydrogen-bond acceptors (Lipinski definition) is 4. The first-order valence-electron chi connectivity index (χ1n) is 9.59. The number of aryl methyl sites for hydroxylation is 2. The molecule has 2 aromatic heterocycles. The molecule has 4 aromatic rings. The molecular weight excluding hydrogens is 402 g/mol. The Hall–Kier alpha value is -3.81. The van der Waals surface area contributed by atoms with Gasteiger partial charge in [0.15, 0.2) is 0 Å². The highest BCUT2D eigenvalue weighted by Gasteiger charge is 2.17. The van der Waals surface area contributed by atoms with Crippen LogP contribution < -0.4 is 10.1 Å². The van der Waals surface area contributed by atoms with Gasteiger partial charge in [0.25, 0.3) is 5.91 Å². The molecule has 31 heavy (non-hydrogen) atoms. The van der Waals surface area contributed by atoms with E-state index in [1.54, 1.807) is 29.9 Å². The molecule has 0 aliphatic rings. The van der Waals surface area contributed by atoms with Crippen molar-refractivity contribution in [3.63, 3.8) is 0 Å². The summed E-state index contributed by atoms with van der Waals surface area (Å²) in [6.07, 6.45) is 1.72. The number of carbonyl (C=O) groups is 1. The Bertz CT molecular complexity index is 1280. The lowest BCUT2D eigenvalue weighted by atomic mass is 10.0. The van der Waals surface area contributed by atoms with Gasteiger partial charge in [-0.3, -0.25) is 9.48 Å². The summed E-state index contributed by atoms with van der Waals surface area (Å²) < 4.78 is 31.0. The molecule has 1 N–H and O–H groups in total. The average Bonchev–Trinajstić information content (AvgIpc) is 3.07. The van der Waals surface area contributed by atoms with Crippen molar-refractivity contribution in [3.8, 4) is 17.0 Å². The Morgan fingerprint density at radius 3 is 2.58 bits per heavy atom. The van der Waals surface area contributed by atoms with Crippen molar-refractivity contribution in [2.75, 3.05) is 5.32 Å². The van der Waals surface area contributed by atoms with E-state index in [4.69, 9.17) is 4.98 Å². The predicted octanol–water partition coefficient (Wildman–Crippen LogP) is 5.11. The van der Waals surface area contributed by atoms with Crippen LogP contribution in [-0.4, -0.2) is 27.3 Å². The number of anilines is 1. The van der Waals surface area contributed by atoms with E-state index in [1.807, 2.05) is 38.2 Å². The third-order valence-electron chi connectivity index (χ3n) is 5.14. The molecule has 6 nitrogen and oxygen atoms in total. The number of benzene rings is 2. The molecule has 0 spiro atoms. The SMILES string of the molecule is Cc1cc(OC(F)F)ccc1NC(=O)c1cc(-c2cnn(C)c2C)nc2ccccc12. The largest absolute Gasteiger partial charge is 0.435 e. The Morgan fingerprint density at radius 2 is 1.90 bits per heavy atom. The molecule has 0 unspecified atom stereocenters. The van der Waals surface area contributed by atoms with E-state index in [1.165, 1.54) is 12.1 Å². The molecule has 0 bridgehead atoms. The van der Waals surface area contributed by atoms with Gasteiger partial charge in [-0.1, -0.05) is 18.2 Å². The van der Waals surface area contributed by atoms with Crippen LogP contribution in [0.1, 0.15) is 21.6 Å². The highest BCUT2D eigenvalue weighted by atomic mass is 19.3. The van der Waals surface area contributed by atoms with Crippen LogP contribution >= 0.6 is 0 Å². The van der Waals surface area contributed by atoms with Crippen molar-refractivity contribution >= 4 is 22.5 Å². The van der Waals surface area contributed by atoms with Crippen molar-refractivity contribution in [1.82, 2.24) is 14.8 Å². The molecule has 8 heteroatoms. The number of nitrogens with one attached hydrogen (secondary N) is 1. The van der Waals surface area contributed by atoms with Gasteiger partial charge in [-0.2, -0.15) is 13.9 Å². The van der Waals surface area contributed by atoms with Crippen LogP contribution in [0.25, 0.3) is 22.2 Å². The molecule has 158 valence electrons. The number of carbonyl (C=O) groups excluding carboxylic acids is 1. The number of aromatic nitrogens is 3. The fraction of sp³-hybridized carbons (Fsp3) is 0.174. The van der Waals surface area contributed by atoms with E-state index in [0.717, 1.165) is 11.3 Å². The molecule has 0 saturated heterocycles. The van der Waals surface area contributed by atoms with Crippen LogP contribution in [0.3, 0.4) is 0 Å². The normalized spacial score (nSPS) is 11.2. The average molecular weight is 422 g/mol. The molecule has 2 aromatic carbocycles. The molecule has 0 fully saturated rings. The summed E-state index contributed by atoms with van der Waals surface area (Å²) in [5.74, 6) is -0.291. The van der Waals surface area contributed by atoms with Gasteiger partial charge in [-0.05, 0) is 49.7 Å². The van der Waals surface area contributed by atoms with Gasteiger partial charge in [-0.15, -0.1) is 0 Å². The lowest BCUT2D eigenvalue weighted by Crippen LogP contribution is -2.14. The van der Waals surface area contributed by atoms with Gasteiger partial charge in [0.2, 0.25) is 0 Å². The molecule has 0 saturated carbocycles. The zero-order valence-electron chi connectivity index (χ0n) is 17.2. The van der Waals surface area contributed by atoms with Crippen LogP contribution in [0.15, 0.2) is 54.7 Å². The predicted molar refractivity (Wildman–Crippen MR) is 114 cm³/mol. The van der Waals surface area contributed by atoms with E-state index in [0.29, 0.717) is 33.4 Å². The van der Waals surface area contributed by atoms with Gasteiger partial charge >= 0.3 is 6.61 Å². The number of hydrogen-bond donors (Lipinski definition) is 1. The minimum Gasteiger partial charge on any atom is -0.435 e. The summed E-state index contributed by atoms with van der Waals surface area (Å²) in [6, 6.07) is 13.5. The Labute approximate surface area is 177 Å². The number of pyridine rings is 1. The van der Waals surface area contributed by atoms with E-state index in [9.17, 15) is 13.6 Å². The molecule has 0 radical (unpaired) electrons. The number of halogens is 2. The summed E-state index contributed by atoms with van der Waals surface area (Å²) in [5, 5.41) is 7.84. The smallest absolute Gasteiger partial charge is 0.387 e. The quantitative estimate of drug-likeness (QED) is 0.486. The van der Waals surface area contributed by atoms with Gasteiger partial charge in [0.1, 0.15) is 5.75 Å². The Kier molecular flexibility index (Phi) is 5.37. The maximum absolute atomic E-state index is 13.2. The monoisotopic (exact) mass is 422 g/mol. The molecule has 1 amide bonds. The van der Waals surface area contributed by atoms with Crippen molar-refractivity contribution in [2.24, 2.45) is 7.05 Å². The number of fused-ring (bicyclic) bond motifs is 1. The van der Waals surface area contributed by atoms with Crippen molar-refractivity contribution in [2.45, 2.75) is 20.5 Å². The number of ether oxygens (including phenoxy) is 1. The minimum absolute atomic E-state index is 0.0363. The van der Waals surface area contributed by atoms with Crippen LogP contribution in [0.4, 0.5) is 14.5 Å². The zero-order chi connectivity index (χ0) is 22.1. The fourth-order valence-corrected chi connectivity index (χ4v) is 3.39. The van der Waals surface area contributed by atoms with Gasteiger partial charge in [0.05, 0.1) is 23.0 Å². The second kappa shape index (κ2) is 8.14. The molecular formula is C23H20F2N4O2. The first-order chi connectivity index (χ1) is 14.8. The zero-order valence-corrected chi connectivity index (χ0v) is 17.2. The number of alkyl halides is 2.